The van der Waals surface area contributed by atoms with Gasteiger partial charge >= 0.3 is 0 Å². The highest BCUT2D eigenvalue weighted by Gasteiger charge is 2.25. The summed E-state index contributed by atoms with van der Waals surface area (Å²) in [5.74, 6) is -2.30. The molecule has 0 fully saturated rings. The Morgan fingerprint density at radius 1 is 0.800 bits per heavy atom. The van der Waals surface area contributed by atoms with Crippen LogP contribution >= 0.6 is 0 Å². The molecule has 5 N–H and O–H groups in total. The molecule has 1 aromatic carbocycles. The van der Waals surface area contributed by atoms with Gasteiger partial charge in [0.1, 0.15) is 5.78 Å². The van der Waals surface area contributed by atoms with Gasteiger partial charge in [0.2, 0.25) is 23.6 Å². The van der Waals surface area contributed by atoms with Crippen LogP contribution in [0.4, 0.5) is 0 Å². The quantitative estimate of drug-likeness (QED) is 0.0978. The third kappa shape index (κ3) is 12.2. The number of rotatable bonds is 21. The molecule has 1 aromatic heterocycles. The van der Waals surface area contributed by atoms with Crippen LogP contribution in [0.2, 0.25) is 0 Å². The number of carbonyl (C=O) groups excluding carboxylic acids is 5. The van der Waals surface area contributed by atoms with Gasteiger partial charge in [0.15, 0.2) is 0 Å². The molecule has 15 heteroatoms. The summed E-state index contributed by atoms with van der Waals surface area (Å²) in [5, 5.41) is 33.8. The van der Waals surface area contributed by atoms with E-state index in [9.17, 15) is 39.3 Å². The van der Waals surface area contributed by atoms with E-state index >= 15 is 0 Å². The van der Waals surface area contributed by atoms with Crippen LogP contribution in [0.3, 0.4) is 0 Å². The number of nitrogens with one attached hydrogen (secondary N) is 2. The largest absolute Gasteiger partial charge is 0.395 e. The molecule has 250 valence electrons. The van der Waals surface area contributed by atoms with Gasteiger partial charge in [0.05, 0.1) is 46.0 Å². The summed E-state index contributed by atoms with van der Waals surface area (Å²) in [6, 6.07) is 9.92. The number of hydrogen-bond acceptors (Lipinski definition) is 10. The van der Waals surface area contributed by atoms with Crippen molar-refractivity contribution in [3.63, 3.8) is 0 Å². The molecule has 0 bridgehead atoms. The van der Waals surface area contributed by atoms with Gasteiger partial charge in [-0.3, -0.25) is 29.4 Å². The molecule has 15 nitrogen and oxygen atoms in total. The van der Waals surface area contributed by atoms with E-state index in [1.807, 2.05) is 43.4 Å². The van der Waals surface area contributed by atoms with Crippen molar-refractivity contribution in [2.45, 2.75) is 32.9 Å². The van der Waals surface area contributed by atoms with Crippen molar-refractivity contribution in [1.29, 1.82) is 0 Å². The third-order valence-corrected chi connectivity index (χ3v) is 7.23. The highest BCUT2D eigenvalue weighted by Crippen LogP contribution is 2.21. The number of para-hydroxylation sites is 1. The van der Waals surface area contributed by atoms with Crippen LogP contribution < -0.4 is 10.7 Å². The molecule has 0 aliphatic heterocycles. The number of aliphatic hydroxyl groups excluding tert-OH is 3. The zero-order chi connectivity index (χ0) is 33.4. The van der Waals surface area contributed by atoms with E-state index in [1.165, 1.54) is 11.8 Å². The van der Waals surface area contributed by atoms with E-state index in [2.05, 4.69) is 21.4 Å². The van der Waals surface area contributed by atoms with E-state index in [-0.39, 0.29) is 57.3 Å². The second kappa shape index (κ2) is 19.5. The zero-order valence-electron chi connectivity index (χ0n) is 26.4. The lowest BCUT2D eigenvalue weighted by molar-refractivity contribution is -0.145. The summed E-state index contributed by atoms with van der Waals surface area (Å²) < 4.78 is 2.06. The van der Waals surface area contributed by atoms with Crippen molar-refractivity contribution in [2.75, 3.05) is 79.7 Å². The van der Waals surface area contributed by atoms with Gasteiger partial charge in [0, 0.05) is 63.8 Å². The number of benzene rings is 1. The molecule has 0 atom stereocenters. The number of amides is 4. The van der Waals surface area contributed by atoms with E-state index in [4.69, 9.17) is 0 Å². The lowest BCUT2D eigenvalue weighted by Crippen LogP contribution is -2.50. The summed E-state index contributed by atoms with van der Waals surface area (Å²) in [5.41, 5.74) is 5.05. The van der Waals surface area contributed by atoms with Crippen molar-refractivity contribution >= 4 is 40.3 Å². The second-order valence-electron chi connectivity index (χ2n) is 10.6. The monoisotopic (exact) mass is 633 g/mol. The number of hydrazine groups is 1. The average molecular weight is 634 g/mol. The fraction of sp³-hybridized carbons (Fsp3) is 0.567. The number of carbonyl (C=O) groups is 5. The summed E-state index contributed by atoms with van der Waals surface area (Å²) in [6.07, 6.45) is 0.183. The molecule has 4 amide bonds. The molecule has 2 aromatic rings. The Balaban J connectivity index is 2.00. The van der Waals surface area contributed by atoms with Crippen LogP contribution in [-0.2, 0) is 37.1 Å². The van der Waals surface area contributed by atoms with Gasteiger partial charge in [-0.1, -0.05) is 18.2 Å². The molecule has 0 aliphatic carbocycles. The van der Waals surface area contributed by atoms with Crippen LogP contribution in [0.15, 0.2) is 30.3 Å². The first-order valence-corrected chi connectivity index (χ1v) is 14.9. The van der Waals surface area contributed by atoms with Gasteiger partial charge in [0.25, 0.3) is 0 Å². The molecule has 0 saturated heterocycles. The lowest BCUT2D eigenvalue weighted by atomic mass is 10.2. The van der Waals surface area contributed by atoms with Crippen LogP contribution in [0, 0.1) is 0 Å². The molecule has 0 radical (unpaired) electrons. The van der Waals surface area contributed by atoms with Crippen molar-refractivity contribution in [3.05, 3.63) is 36.0 Å². The SMILES string of the molecule is CNN(C)Cc1cc2ccccc2n1CCC(=O)NCC(=O)N(CCO)CC(=O)N(CCO)CC(=O)N(CCO)CCC(C)=O. The van der Waals surface area contributed by atoms with E-state index < -0.39 is 50.6 Å². The molecule has 2 rings (SSSR count). The van der Waals surface area contributed by atoms with Crippen LogP contribution in [-0.4, -0.2) is 149 Å². The topological polar surface area (TPSA) is 188 Å². The molecule has 0 unspecified atom stereocenters. The number of Topliss-reactive ketones (excluding diaryl/α,β-unsaturated/α-hetero) is 1. The molecule has 45 heavy (non-hydrogen) atoms. The van der Waals surface area contributed by atoms with Gasteiger partial charge < -0.3 is 39.9 Å². The van der Waals surface area contributed by atoms with Crippen molar-refractivity contribution in [3.8, 4) is 0 Å². The Morgan fingerprint density at radius 3 is 1.98 bits per heavy atom. The minimum atomic E-state index is -0.653. The minimum Gasteiger partial charge on any atom is -0.395 e. The Bertz CT molecular complexity index is 1280. The van der Waals surface area contributed by atoms with Gasteiger partial charge in [-0.05, 0) is 31.5 Å². The summed E-state index contributed by atoms with van der Waals surface area (Å²) in [4.78, 5) is 66.4. The first-order valence-electron chi connectivity index (χ1n) is 14.9. The second-order valence-corrected chi connectivity index (χ2v) is 10.6. The van der Waals surface area contributed by atoms with Crippen molar-refractivity contribution < 1.29 is 39.3 Å². The highest BCUT2D eigenvalue weighted by atomic mass is 16.3. The number of aromatic nitrogens is 1. The number of aliphatic hydroxyl groups is 3. The van der Waals surface area contributed by atoms with Crippen molar-refractivity contribution in [1.82, 2.24) is 35.0 Å². The highest BCUT2D eigenvalue weighted by molar-refractivity contribution is 5.90. The number of ketones is 1. The smallest absolute Gasteiger partial charge is 0.242 e. The van der Waals surface area contributed by atoms with E-state index in [1.54, 1.807) is 0 Å². The van der Waals surface area contributed by atoms with E-state index in [0.29, 0.717) is 13.1 Å². The zero-order valence-corrected chi connectivity index (χ0v) is 26.4. The van der Waals surface area contributed by atoms with Gasteiger partial charge in [-0.2, -0.15) is 0 Å². The normalized spacial score (nSPS) is 11.1. The van der Waals surface area contributed by atoms with Crippen LogP contribution in [0.25, 0.3) is 10.9 Å². The first-order chi connectivity index (χ1) is 21.5. The summed E-state index contributed by atoms with van der Waals surface area (Å²) in [7, 11) is 3.73. The number of fused-ring (bicyclic) bond motifs is 1. The Hall–Kier alpha value is -3.89. The van der Waals surface area contributed by atoms with Crippen LogP contribution in [0.1, 0.15) is 25.5 Å². The Kier molecular flexibility index (Phi) is 16.2. The fourth-order valence-corrected chi connectivity index (χ4v) is 4.70. The summed E-state index contributed by atoms with van der Waals surface area (Å²) >= 11 is 0. The maximum Gasteiger partial charge on any atom is 0.242 e. The maximum atomic E-state index is 13.1. The minimum absolute atomic E-state index is 0.0308. The summed E-state index contributed by atoms with van der Waals surface area (Å²) in [6.45, 7) is -0.526. The van der Waals surface area contributed by atoms with E-state index in [0.717, 1.165) is 26.4 Å². The first kappa shape index (κ1) is 37.3. The molecule has 0 saturated carbocycles. The molecular formula is C30H47N7O8. The Labute approximate surface area is 263 Å². The molecule has 0 aliphatic rings. The Morgan fingerprint density at radius 2 is 1.38 bits per heavy atom. The fourth-order valence-electron chi connectivity index (χ4n) is 4.70. The number of nitrogens with zero attached hydrogens (tertiary/aromatic N) is 5. The molecular weight excluding hydrogens is 586 g/mol. The average Bonchev–Trinajstić information content (AvgIpc) is 3.36. The molecule has 1 heterocycles. The maximum absolute atomic E-state index is 13.1. The van der Waals surface area contributed by atoms with Gasteiger partial charge in [-0.25, -0.2) is 5.01 Å². The third-order valence-electron chi connectivity index (χ3n) is 7.23. The number of hydrogen-bond donors (Lipinski definition) is 5. The predicted octanol–water partition coefficient (Wildman–Crippen LogP) is -1.84. The van der Waals surface area contributed by atoms with Crippen LogP contribution in [0.5, 0.6) is 0 Å². The van der Waals surface area contributed by atoms with Crippen molar-refractivity contribution in [2.24, 2.45) is 0 Å². The molecule has 0 spiro atoms. The lowest BCUT2D eigenvalue weighted by Gasteiger charge is -2.29. The standard InChI is InChI=1S/C30H47N7O8/c1-23(41)8-10-34(12-15-38)29(44)21-36(14-17-40)30(45)22-35(13-16-39)28(43)19-32-27(42)9-11-37-25(20-33(3)31-2)18-24-6-4-5-7-26(24)37/h4-7,18,31,38-40H,8-17,19-22H2,1-3H3,(H,32,42). The van der Waals surface area contributed by atoms with Gasteiger partial charge in [-0.15, -0.1) is 0 Å². The predicted molar refractivity (Wildman–Crippen MR) is 166 cm³/mol. The number of aryl methyl sites for hydroxylation is 1.